The average molecular weight is 923 g/mol. The van der Waals surface area contributed by atoms with Gasteiger partial charge in [0.25, 0.3) is 5.91 Å². The number of carbonyl (C=O) groups excluding carboxylic acids is 6. The molecular weight excluding hydrogens is 870 g/mol. The van der Waals surface area contributed by atoms with Gasteiger partial charge in [-0.05, 0) is 69.9 Å². The van der Waals surface area contributed by atoms with E-state index >= 15 is 0 Å². The Bertz CT molecular complexity index is 1960. The summed E-state index contributed by atoms with van der Waals surface area (Å²) in [4.78, 5) is 88.2. The number of guanidine groups is 2. The fourth-order valence-electron chi connectivity index (χ4n) is 5.11. The van der Waals surface area contributed by atoms with Crippen molar-refractivity contribution >= 4 is 124 Å². The summed E-state index contributed by atoms with van der Waals surface area (Å²) in [6.45, 7) is 4.51. The van der Waals surface area contributed by atoms with E-state index in [1.54, 1.807) is 26.0 Å². The highest BCUT2D eigenvalue weighted by molar-refractivity contribution is 7.99. The standard InChI is InChI=1S/C38H53Cl2N13O6S2/c1-3-47-30(36(59)53-29-20-25(40)18-27(34(29)61-15-13-46-22-55)51-32(57)9-5-7-11-49-38(43)44)16-23(2)35(58)52-28-19-24(39)17-26(33(28)60-14-12-45-21-54)50-31(56)8-4-6-10-48-37(41)42/h3,16-23H,4-15H2,1-2H3,(H,45,54)(H,46,55)(H,50,56)(H,51,57)(H,52,58)(H,53,59)(H4,41,42,48)(H4,43,44,49)/b30-16-,47-3?. The lowest BCUT2D eigenvalue weighted by Crippen LogP contribution is -2.23. The molecule has 0 aliphatic carbocycles. The highest BCUT2D eigenvalue weighted by Gasteiger charge is 2.22. The Labute approximate surface area is 372 Å². The summed E-state index contributed by atoms with van der Waals surface area (Å²) in [6, 6.07) is 6.14. The molecule has 0 aromatic heterocycles. The number of aliphatic imine (C=N–C) groups is 3. The molecule has 2 aromatic rings. The Hall–Kier alpha value is -5.51. The number of carbonyl (C=O) groups is 6. The summed E-state index contributed by atoms with van der Waals surface area (Å²) in [5, 5.41) is 17.0. The molecule has 0 spiro atoms. The number of halogens is 2. The van der Waals surface area contributed by atoms with Crippen LogP contribution in [0.3, 0.4) is 0 Å². The fraction of sp³-hybridized carbons (Fsp3) is 0.395. The molecule has 23 heteroatoms. The van der Waals surface area contributed by atoms with E-state index in [9.17, 15) is 28.8 Å². The maximum Gasteiger partial charge on any atom is 0.273 e. The van der Waals surface area contributed by atoms with Gasteiger partial charge < -0.3 is 54.8 Å². The third-order valence-electron chi connectivity index (χ3n) is 7.85. The lowest BCUT2D eigenvalue weighted by molar-refractivity contribution is -0.118. The van der Waals surface area contributed by atoms with Gasteiger partial charge in [-0.25, -0.2) is 0 Å². The second kappa shape index (κ2) is 28.9. The number of rotatable bonds is 28. The quantitative estimate of drug-likeness (QED) is 0.0146. The third-order valence-corrected chi connectivity index (χ3v) is 10.6. The Morgan fingerprint density at radius 2 is 1.11 bits per heavy atom. The minimum Gasteiger partial charge on any atom is -0.370 e. The number of nitrogens with one attached hydrogen (secondary N) is 6. The van der Waals surface area contributed by atoms with Crippen LogP contribution in [0.25, 0.3) is 0 Å². The van der Waals surface area contributed by atoms with E-state index < -0.39 is 17.7 Å². The number of amides is 6. The van der Waals surface area contributed by atoms with Crippen molar-refractivity contribution < 1.29 is 28.8 Å². The van der Waals surface area contributed by atoms with E-state index in [0.717, 1.165) is 0 Å². The van der Waals surface area contributed by atoms with Gasteiger partial charge in [-0.3, -0.25) is 43.7 Å². The van der Waals surface area contributed by atoms with Crippen LogP contribution in [0.5, 0.6) is 0 Å². The molecule has 0 radical (unpaired) electrons. The van der Waals surface area contributed by atoms with E-state index in [2.05, 4.69) is 46.9 Å². The van der Waals surface area contributed by atoms with Gasteiger partial charge in [-0.15, -0.1) is 23.5 Å². The van der Waals surface area contributed by atoms with Crippen LogP contribution < -0.4 is 54.8 Å². The van der Waals surface area contributed by atoms with Crippen LogP contribution in [-0.2, 0) is 28.8 Å². The Morgan fingerprint density at radius 1 is 0.689 bits per heavy atom. The van der Waals surface area contributed by atoms with Crippen LogP contribution in [-0.4, -0.2) is 92.3 Å². The van der Waals surface area contributed by atoms with Gasteiger partial charge in [0.2, 0.25) is 30.5 Å². The van der Waals surface area contributed by atoms with Gasteiger partial charge in [-0.2, -0.15) is 0 Å². The number of nitrogens with zero attached hydrogens (tertiary/aromatic N) is 3. The van der Waals surface area contributed by atoms with Gasteiger partial charge in [0, 0.05) is 66.8 Å². The largest absolute Gasteiger partial charge is 0.370 e. The first kappa shape index (κ1) is 51.6. The first-order valence-corrected chi connectivity index (χ1v) is 21.7. The number of benzene rings is 2. The Morgan fingerprint density at radius 3 is 1.52 bits per heavy atom. The Kier molecular flexibility index (Phi) is 24.4. The summed E-state index contributed by atoms with van der Waals surface area (Å²) in [5.74, 6) is -2.07. The van der Waals surface area contributed by atoms with Crippen LogP contribution in [0.15, 0.2) is 60.8 Å². The highest BCUT2D eigenvalue weighted by Crippen LogP contribution is 2.39. The third kappa shape index (κ3) is 20.5. The van der Waals surface area contributed by atoms with Crippen LogP contribution in [0, 0.1) is 5.92 Å². The second-order valence-corrected chi connectivity index (χ2v) is 15.9. The minimum atomic E-state index is -0.939. The second-order valence-electron chi connectivity index (χ2n) is 12.8. The predicted molar refractivity (Wildman–Crippen MR) is 247 cm³/mol. The molecule has 0 bridgehead atoms. The van der Waals surface area contributed by atoms with E-state index in [0.29, 0.717) is 97.4 Å². The molecule has 0 fully saturated rings. The zero-order chi connectivity index (χ0) is 45.2. The molecule has 332 valence electrons. The number of hydrogen-bond acceptors (Lipinski definition) is 11. The van der Waals surface area contributed by atoms with Crippen LogP contribution in [0.1, 0.15) is 52.4 Å². The van der Waals surface area contributed by atoms with Gasteiger partial charge in [-0.1, -0.05) is 23.2 Å². The SMILES string of the molecule is CC=N/C(=C\C(C)C(=O)Nc1cc(Cl)cc(NC(=O)CCCCN=C(N)N)c1SCCNC=O)C(=O)Nc1cc(Cl)cc(NC(=O)CCCCN=C(N)N)c1SCCNC=O. The maximum atomic E-state index is 13.8. The zero-order valence-electron chi connectivity index (χ0n) is 33.9. The molecule has 6 amide bonds. The molecule has 1 atom stereocenters. The molecule has 0 saturated carbocycles. The van der Waals surface area contributed by atoms with Crippen LogP contribution in [0.4, 0.5) is 22.7 Å². The molecule has 19 nitrogen and oxygen atoms in total. The average Bonchev–Trinajstić information content (AvgIpc) is 3.18. The van der Waals surface area contributed by atoms with Gasteiger partial charge >= 0.3 is 0 Å². The monoisotopic (exact) mass is 921 g/mol. The van der Waals surface area contributed by atoms with E-state index in [1.807, 2.05) is 0 Å². The maximum absolute atomic E-state index is 13.8. The van der Waals surface area contributed by atoms with E-state index in [1.165, 1.54) is 47.9 Å². The predicted octanol–water partition coefficient (Wildman–Crippen LogP) is 3.62. The molecule has 14 N–H and O–H groups in total. The summed E-state index contributed by atoms with van der Waals surface area (Å²) >= 11 is 15.5. The minimum absolute atomic E-state index is 0.0307. The number of thioether (sulfide) groups is 2. The van der Waals surface area contributed by atoms with Gasteiger partial charge in [0.1, 0.15) is 5.70 Å². The van der Waals surface area contributed by atoms with Crippen LogP contribution >= 0.6 is 46.7 Å². The summed E-state index contributed by atoms with van der Waals surface area (Å²) < 4.78 is 0. The smallest absolute Gasteiger partial charge is 0.273 e. The van der Waals surface area contributed by atoms with Gasteiger partial charge in [0.15, 0.2) is 11.9 Å². The highest BCUT2D eigenvalue weighted by atomic mass is 35.5. The van der Waals surface area contributed by atoms with Crippen molar-refractivity contribution in [3.8, 4) is 0 Å². The van der Waals surface area contributed by atoms with Crippen molar-refractivity contribution in [3.63, 3.8) is 0 Å². The molecule has 1 unspecified atom stereocenters. The van der Waals surface area contributed by atoms with Crippen molar-refractivity contribution in [2.24, 2.45) is 43.8 Å². The summed E-state index contributed by atoms with van der Waals surface area (Å²) in [6.07, 6.45) is 6.39. The van der Waals surface area contributed by atoms with Crippen molar-refractivity contribution in [3.05, 3.63) is 46.1 Å². The van der Waals surface area contributed by atoms with Crippen molar-refractivity contribution in [2.45, 2.75) is 62.2 Å². The number of hydrogen-bond donors (Lipinski definition) is 10. The first-order valence-electron chi connectivity index (χ1n) is 19.0. The molecule has 0 heterocycles. The molecular formula is C38H53Cl2N13O6S2. The zero-order valence-corrected chi connectivity index (χ0v) is 37.0. The summed E-state index contributed by atoms with van der Waals surface area (Å²) in [7, 11) is 0. The van der Waals surface area contributed by atoms with E-state index in [4.69, 9.17) is 46.1 Å². The molecule has 2 rings (SSSR count). The van der Waals surface area contributed by atoms with Gasteiger partial charge in [0.05, 0.1) is 38.5 Å². The number of anilines is 4. The fourth-order valence-corrected chi connectivity index (χ4v) is 7.46. The number of unbranched alkanes of at least 4 members (excludes halogenated alkanes) is 2. The van der Waals surface area contributed by atoms with Crippen LogP contribution in [0.2, 0.25) is 10.0 Å². The molecule has 0 aliphatic heterocycles. The Balaban J connectivity index is 2.38. The lowest BCUT2D eigenvalue weighted by Gasteiger charge is -2.19. The van der Waals surface area contributed by atoms with E-state index in [-0.39, 0.29) is 63.7 Å². The molecule has 0 saturated heterocycles. The molecule has 0 aliphatic rings. The topological polar surface area (TPSA) is 316 Å². The van der Waals surface area contributed by atoms with Crippen molar-refractivity contribution in [2.75, 3.05) is 59.0 Å². The molecule has 2 aromatic carbocycles. The normalized spacial score (nSPS) is 11.5. The lowest BCUT2D eigenvalue weighted by atomic mass is 10.1. The van der Waals surface area contributed by atoms with Crippen molar-refractivity contribution in [1.82, 2.24) is 10.6 Å². The molecule has 61 heavy (non-hydrogen) atoms. The number of nitrogens with two attached hydrogens (primary N) is 4. The summed E-state index contributed by atoms with van der Waals surface area (Å²) in [5.41, 5.74) is 22.6. The first-order chi connectivity index (χ1) is 29.2. The van der Waals surface area contributed by atoms with Crippen molar-refractivity contribution in [1.29, 1.82) is 0 Å².